The summed E-state index contributed by atoms with van der Waals surface area (Å²) in [5.74, 6) is -0.949. The van der Waals surface area contributed by atoms with Gasteiger partial charge in [-0.1, -0.05) is 30.3 Å². The number of rotatable bonds is 2. The normalized spacial score (nSPS) is 17.5. The van der Waals surface area contributed by atoms with Crippen molar-refractivity contribution in [2.24, 2.45) is 5.41 Å². The number of benzene rings is 1. The molecule has 1 aliphatic heterocycles. The molecule has 0 atom stereocenters. The lowest BCUT2D eigenvalue weighted by Gasteiger charge is -2.33. The molecular weight excluding hydrogens is 364 g/mol. The fraction of sp³-hybridized carbons (Fsp3) is 0.375. The summed E-state index contributed by atoms with van der Waals surface area (Å²) in [4.78, 5) is 12.9. The fourth-order valence-electron chi connectivity index (χ4n) is 2.96. The van der Waals surface area contributed by atoms with Gasteiger partial charge in [0.05, 0.1) is 5.69 Å². The van der Waals surface area contributed by atoms with Crippen LogP contribution in [-0.4, -0.2) is 46.4 Å². The maximum atomic E-state index is 13.1. The zero-order chi connectivity index (χ0) is 19.2. The lowest BCUT2D eigenvalue weighted by Crippen LogP contribution is -2.52. The Morgan fingerprint density at radius 3 is 2.23 bits per heavy atom. The van der Waals surface area contributed by atoms with E-state index in [0.29, 0.717) is 16.2 Å². The van der Waals surface area contributed by atoms with Crippen LogP contribution in [0.2, 0.25) is 0 Å². The first-order valence-electron chi connectivity index (χ1n) is 7.59. The van der Waals surface area contributed by atoms with E-state index >= 15 is 0 Å². The summed E-state index contributed by atoms with van der Waals surface area (Å²) in [5.41, 5.74) is -3.04. The number of carbonyl (C=O) groups is 1. The van der Waals surface area contributed by atoms with Crippen molar-refractivity contribution in [3.8, 4) is 11.3 Å². The highest BCUT2D eigenvalue weighted by Crippen LogP contribution is 2.55. The monoisotopic (exact) mass is 377 g/mol. The van der Waals surface area contributed by atoms with E-state index in [1.807, 2.05) is 0 Å². The van der Waals surface area contributed by atoms with E-state index in [9.17, 15) is 31.1 Å². The predicted octanol–water partition coefficient (Wildman–Crippen LogP) is 4.03. The Labute approximate surface area is 143 Å². The molecule has 3 rings (SSSR count). The third kappa shape index (κ3) is 2.93. The summed E-state index contributed by atoms with van der Waals surface area (Å²) >= 11 is 0. The molecule has 0 radical (unpaired) electrons. The Kier molecular flexibility index (Phi) is 4.24. The minimum Gasteiger partial charge on any atom is -0.336 e. The minimum atomic E-state index is -5.50. The quantitative estimate of drug-likeness (QED) is 0.804. The molecule has 140 valence electrons. The third-order valence-corrected chi connectivity index (χ3v) is 4.52. The van der Waals surface area contributed by atoms with Gasteiger partial charge in [0.15, 0.2) is 5.41 Å². The van der Waals surface area contributed by atoms with Gasteiger partial charge in [-0.25, -0.2) is 0 Å². The second-order valence-corrected chi connectivity index (χ2v) is 6.09. The summed E-state index contributed by atoms with van der Waals surface area (Å²) < 4.78 is 78.6. The Morgan fingerprint density at radius 2 is 1.69 bits per heavy atom. The van der Waals surface area contributed by atoms with Crippen molar-refractivity contribution in [3.63, 3.8) is 0 Å². The van der Waals surface area contributed by atoms with E-state index in [-0.39, 0.29) is 5.69 Å². The molecule has 1 aromatic heterocycles. The standard InChI is InChI=1S/C16H13F6N3O/c17-15(18,19)14(16(20,21)22)6-7-25(9-14)13(26)12-8-11(23-24-12)10-4-2-1-3-5-10/h1-5,8H,6-7,9H2,(H,23,24). The van der Waals surface area contributed by atoms with Gasteiger partial charge in [-0.15, -0.1) is 0 Å². The third-order valence-electron chi connectivity index (χ3n) is 4.52. The number of aromatic amines is 1. The van der Waals surface area contributed by atoms with Crippen molar-refractivity contribution in [3.05, 3.63) is 42.1 Å². The summed E-state index contributed by atoms with van der Waals surface area (Å²) in [7, 11) is 0. The lowest BCUT2D eigenvalue weighted by molar-refractivity contribution is -0.334. The molecule has 1 N–H and O–H groups in total. The number of halogens is 6. The van der Waals surface area contributed by atoms with Crippen LogP contribution in [0.25, 0.3) is 11.3 Å². The van der Waals surface area contributed by atoms with E-state index in [0.717, 1.165) is 0 Å². The van der Waals surface area contributed by atoms with Crippen LogP contribution in [0, 0.1) is 5.41 Å². The summed E-state index contributed by atoms with van der Waals surface area (Å²) in [6.45, 7) is -2.10. The smallest absolute Gasteiger partial charge is 0.336 e. The van der Waals surface area contributed by atoms with Gasteiger partial charge in [0.2, 0.25) is 0 Å². The lowest BCUT2D eigenvalue weighted by atomic mass is 9.85. The van der Waals surface area contributed by atoms with Gasteiger partial charge in [0.25, 0.3) is 5.91 Å². The highest BCUT2D eigenvalue weighted by atomic mass is 19.4. The van der Waals surface area contributed by atoms with Crippen molar-refractivity contribution in [1.82, 2.24) is 15.1 Å². The first-order valence-corrected chi connectivity index (χ1v) is 7.59. The summed E-state index contributed by atoms with van der Waals surface area (Å²) in [5, 5.41) is 6.28. The van der Waals surface area contributed by atoms with Crippen molar-refractivity contribution < 1.29 is 31.1 Å². The second kappa shape index (κ2) is 6.03. The summed E-state index contributed by atoms with van der Waals surface area (Å²) in [6, 6.07) is 9.94. The molecule has 4 nitrogen and oxygen atoms in total. The number of amides is 1. The van der Waals surface area contributed by atoms with Gasteiger partial charge < -0.3 is 4.90 Å². The maximum Gasteiger partial charge on any atom is 0.404 e. The molecule has 0 spiro atoms. The van der Waals surface area contributed by atoms with Crippen LogP contribution in [0.3, 0.4) is 0 Å². The van der Waals surface area contributed by atoms with Crippen LogP contribution in [0.1, 0.15) is 16.9 Å². The van der Waals surface area contributed by atoms with Crippen LogP contribution in [0.5, 0.6) is 0 Å². The zero-order valence-corrected chi connectivity index (χ0v) is 13.2. The SMILES string of the molecule is O=C(c1cc(-c2ccccc2)n[nH]1)N1CCC(C(F)(F)F)(C(F)(F)F)C1. The molecule has 26 heavy (non-hydrogen) atoms. The molecule has 0 unspecified atom stereocenters. The molecule has 1 saturated heterocycles. The average Bonchev–Trinajstić information content (AvgIpc) is 3.22. The Balaban J connectivity index is 1.83. The van der Waals surface area contributed by atoms with E-state index < -0.39 is 43.2 Å². The highest BCUT2D eigenvalue weighted by Gasteiger charge is 2.72. The van der Waals surface area contributed by atoms with Crippen LogP contribution in [0.4, 0.5) is 26.3 Å². The van der Waals surface area contributed by atoms with Crippen molar-refractivity contribution in [1.29, 1.82) is 0 Å². The number of H-pyrrole nitrogens is 1. The minimum absolute atomic E-state index is 0.163. The molecule has 1 fully saturated rings. The maximum absolute atomic E-state index is 13.1. The molecule has 10 heteroatoms. The second-order valence-electron chi connectivity index (χ2n) is 6.09. The topological polar surface area (TPSA) is 49.0 Å². The van der Waals surface area contributed by atoms with Gasteiger partial charge in [-0.3, -0.25) is 9.89 Å². The number of nitrogens with one attached hydrogen (secondary N) is 1. The van der Waals surface area contributed by atoms with Crippen LogP contribution >= 0.6 is 0 Å². The average molecular weight is 377 g/mol. The largest absolute Gasteiger partial charge is 0.404 e. The molecule has 1 aliphatic rings. The Morgan fingerprint density at radius 1 is 1.08 bits per heavy atom. The fourth-order valence-corrected chi connectivity index (χ4v) is 2.96. The summed E-state index contributed by atoms with van der Waals surface area (Å²) in [6.07, 6.45) is -12.2. The number of carbonyl (C=O) groups excluding carboxylic acids is 1. The molecular formula is C16H13F6N3O. The Hall–Kier alpha value is -2.52. The molecule has 1 amide bonds. The molecule has 2 heterocycles. The molecule has 0 aliphatic carbocycles. The number of hydrogen-bond donors (Lipinski definition) is 1. The van der Waals surface area contributed by atoms with Crippen molar-refractivity contribution in [2.45, 2.75) is 18.8 Å². The van der Waals surface area contributed by atoms with Crippen molar-refractivity contribution in [2.75, 3.05) is 13.1 Å². The van der Waals surface area contributed by atoms with Gasteiger partial charge in [0, 0.05) is 18.7 Å². The van der Waals surface area contributed by atoms with Gasteiger partial charge in [0.1, 0.15) is 5.69 Å². The molecule has 1 aromatic carbocycles. The molecule has 0 bridgehead atoms. The number of likely N-dealkylation sites (tertiary alicyclic amines) is 1. The van der Waals surface area contributed by atoms with Gasteiger partial charge in [-0.2, -0.15) is 31.4 Å². The Bertz CT molecular complexity index is 782. The van der Waals surface area contributed by atoms with Crippen LogP contribution in [-0.2, 0) is 0 Å². The van der Waals surface area contributed by atoms with E-state index in [1.165, 1.54) is 6.07 Å². The van der Waals surface area contributed by atoms with E-state index in [2.05, 4.69) is 10.2 Å². The number of hydrogen-bond acceptors (Lipinski definition) is 2. The van der Waals surface area contributed by atoms with E-state index in [1.54, 1.807) is 30.3 Å². The van der Waals surface area contributed by atoms with E-state index in [4.69, 9.17) is 0 Å². The van der Waals surface area contributed by atoms with Gasteiger partial charge in [-0.05, 0) is 12.5 Å². The van der Waals surface area contributed by atoms with Crippen LogP contribution < -0.4 is 0 Å². The van der Waals surface area contributed by atoms with Gasteiger partial charge >= 0.3 is 12.4 Å². The van der Waals surface area contributed by atoms with Crippen molar-refractivity contribution >= 4 is 5.91 Å². The number of aromatic nitrogens is 2. The first kappa shape index (κ1) is 18.3. The zero-order valence-electron chi connectivity index (χ0n) is 13.2. The highest BCUT2D eigenvalue weighted by molar-refractivity contribution is 5.93. The molecule has 2 aromatic rings. The molecule has 0 saturated carbocycles. The number of alkyl halides is 6. The van der Waals surface area contributed by atoms with Crippen LogP contribution in [0.15, 0.2) is 36.4 Å². The first-order chi connectivity index (χ1) is 12.1. The predicted molar refractivity (Wildman–Crippen MR) is 79.1 cm³/mol. The number of nitrogens with zero attached hydrogens (tertiary/aromatic N) is 2.